The van der Waals surface area contributed by atoms with Crippen LogP contribution in [0.1, 0.15) is 31.4 Å². The predicted octanol–water partition coefficient (Wildman–Crippen LogP) is 3.58. The van der Waals surface area contributed by atoms with Crippen LogP contribution in [0.25, 0.3) is 11.3 Å². The van der Waals surface area contributed by atoms with E-state index >= 15 is 0 Å². The molecule has 1 aromatic heterocycles. The normalized spacial score (nSPS) is 15.4. The lowest BCUT2D eigenvalue weighted by Gasteiger charge is -2.07. The maximum atomic E-state index is 11.8. The van der Waals surface area contributed by atoms with Crippen LogP contribution < -0.4 is 0 Å². The van der Waals surface area contributed by atoms with Crippen LogP contribution in [0, 0.1) is 5.92 Å². The van der Waals surface area contributed by atoms with Crippen molar-refractivity contribution in [1.82, 2.24) is 5.16 Å². The summed E-state index contributed by atoms with van der Waals surface area (Å²) < 4.78 is 10.6. The second-order valence-corrected chi connectivity index (χ2v) is 5.14. The monoisotopic (exact) mass is 271 g/mol. The average Bonchev–Trinajstić information content (AvgIpc) is 3.17. The molecule has 1 heterocycles. The zero-order valence-corrected chi connectivity index (χ0v) is 11.2. The number of ether oxygens (including phenoxy) is 1. The van der Waals surface area contributed by atoms with Crippen molar-refractivity contribution < 1.29 is 14.1 Å². The van der Waals surface area contributed by atoms with E-state index in [2.05, 4.69) is 5.16 Å². The molecule has 0 saturated heterocycles. The fraction of sp³-hybridized carbons (Fsp3) is 0.375. The van der Waals surface area contributed by atoms with E-state index in [1.165, 1.54) is 0 Å². The number of benzene rings is 1. The Morgan fingerprint density at radius 1 is 1.25 bits per heavy atom. The van der Waals surface area contributed by atoms with Crippen molar-refractivity contribution in [1.29, 1.82) is 0 Å². The van der Waals surface area contributed by atoms with Crippen LogP contribution in [-0.2, 0) is 16.1 Å². The number of aromatic nitrogens is 1. The van der Waals surface area contributed by atoms with Gasteiger partial charge in [-0.05, 0) is 12.8 Å². The van der Waals surface area contributed by atoms with E-state index in [0.29, 0.717) is 11.5 Å². The molecule has 1 saturated carbocycles. The summed E-state index contributed by atoms with van der Waals surface area (Å²) in [5.74, 6) is 0.666. The van der Waals surface area contributed by atoms with E-state index in [9.17, 15) is 4.79 Å². The summed E-state index contributed by atoms with van der Waals surface area (Å²) in [6, 6.07) is 11.6. The molecule has 4 heteroatoms. The molecule has 1 aromatic carbocycles. The van der Waals surface area contributed by atoms with E-state index in [0.717, 1.165) is 31.2 Å². The van der Waals surface area contributed by atoms with Gasteiger partial charge < -0.3 is 9.26 Å². The number of nitrogens with zero attached hydrogens (tertiary/aromatic N) is 1. The molecule has 0 amide bonds. The molecule has 0 atom stereocenters. The van der Waals surface area contributed by atoms with E-state index in [-0.39, 0.29) is 18.5 Å². The average molecular weight is 271 g/mol. The number of hydrogen-bond acceptors (Lipinski definition) is 4. The van der Waals surface area contributed by atoms with Gasteiger partial charge in [-0.1, -0.05) is 48.3 Å². The molecule has 3 rings (SSSR count). The van der Waals surface area contributed by atoms with Gasteiger partial charge in [-0.3, -0.25) is 4.79 Å². The van der Waals surface area contributed by atoms with E-state index in [1.54, 1.807) is 0 Å². The van der Waals surface area contributed by atoms with Crippen molar-refractivity contribution >= 4 is 5.97 Å². The Morgan fingerprint density at radius 2 is 2.00 bits per heavy atom. The molecule has 1 aliphatic rings. The predicted molar refractivity (Wildman–Crippen MR) is 73.7 cm³/mol. The van der Waals surface area contributed by atoms with Crippen LogP contribution in [0.15, 0.2) is 40.9 Å². The zero-order chi connectivity index (χ0) is 13.8. The van der Waals surface area contributed by atoms with Crippen molar-refractivity contribution in [3.8, 4) is 11.3 Å². The van der Waals surface area contributed by atoms with E-state index in [1.807, 2.05) is 36.4 Å². The molecule has 0 aliphatic heterocycles. The minimum absolute atomic E-state index is 0.0792. The van der Waals surface area contributed by atoms with Crippen molar-refractivity contribution in [2.24, 2.45) is 5.92 Å². The van der Waals surface area contributed by atoms with Gasteiger partial charge in [-0.2, -0.15) is 0 Å². The van der Waals surface area contributed by atoms with Crippen molar-refractivity contribution in [2.45, 2.75) is 32.3 Å². The number of carbonyl (C=O) groups excluding carboxylic acids is 1. The summed E-state index contributed by atoms with van der Waals surface area (Å²) in [4.78, 5) is 11.8. The summed E-state index contributed by atoms with van der Waals surface area (Å²) in [7, 11) is 0. The highest BCUT2D eigenvalue weighted by Crippen LogP contribution is 2.26. The van der Waals surface area contributed by atoms with Gasteiger partial charge in [-0.15, -0.1) is 0 Å². The van der Waals surface area contributed by atoms with Gasteiger partial charge in [0.05, 0.1) is 5.92 Å². The Balaban J connectivity index is 1.59. The molecular weight excluding hydrogens is 254 g/mol. The summed E-state index contributed by atoms with van der Waals surface area (Å²) in [6.07, 6.45) is 4.16. The first-order valence-corrected chi connectivity index (χ1v) is 7.00. The van der Waals surface area contributed by atoms with Gasteiger partial charge in [0, 0.05) is 11.6 Å². The van der Waals surface area contributed by atoms with Gasteiger partial charge >= 0.3 is 5.97 Å². The first kappa shape index (κ1) is 12.9. The third-order valence-corrected chi connectivity index (χ3v) is 3.67. The van der Waals surface area contributed by atoms with Gasteiger partial charge in [0.2, 0.25) is 0 Å². The maximum Gasteiger partial charge on any atom is 0.309 e. The molecule has 1 fully saturated rings. The smallest absolute Gasteiger partial charge is 0.309 e. The Labute approximate surface area is 117 Å². The molecule has 0 radical (unpaired) electrons. The van der Waals surface area contributed by atoms with Gasteiger partial charge in [0.25, 0.3) is 0 Å². The third-order valence-electron chi connectivity index (χ3n) is 3.67. The first-order valence-electron chi connectivity index (χ1n) is 7.00. The van der Waals surface area contributed by atoms with Gasteiger partial charge in [0.15, 0.2) is 5.76 Å². The number of carbonyl (C=O) groups is 1. The molecule has 1 aliphatic carbocycles. The Kier molecular flexibility index (Phi) is 3.81. The second kappa shape index (κ2) is 5.90. The fourth-order valence-electron chi connectivity index (χ4n) is 2.54. The Hall–Kier alpha value is -2.10. The summed E-state index contributed by atoms with van der Waals surface area (Å²) in [6.45, 7) is 0.186. The molecule has 20 heavy (non-hydrogen) atoms. The summed E-state index contributed by atoms with van der Waals surface area (Å²) in [5, 5.41) is 3.94. The quantitative estimate of drug-likeness (QED) is 0.798. The van der Waals surface area contributed by atoms with Crippen LogP contribution >= 0.6 is 0 Å². The standard InChI is InChI=1S/C16H17NO3/c18-16(13-8-4-5-9-13)19-11-14-10-15(20-17-14)12-6-2-1-3-7-12/h1-3,6-7,10,13H,4-5,8-9,11H2. The van der Waals surface area contributed by atoms with Crippen molar-refractivity contribution in [3.05, 3.63) is 42.1 Å². The lowest BCUT2D eigenvalue weighted by Crippen LogP contribution is -2.14. The fourth-order valence-corrected chi connectivity index (χ4v) is 2.54. The van der Waals surface area contributed by atoms with E-state index in [4.69, 9.17) is 9.26 Å². The molecule has 104 valence electrons. The summed E-state index contributed by atoms with van der Waals surface area (Å²) in [5.41, 5.74) is 1.61. The van der Waals surface area contributed by atoms with Crippen LogP contribution in [0.3, 0.4) is 0 Å². The Morgan fingerprint density at radius 3 is 2.75 bits per heavy atom. The lowest BCUT2D eigenvalue weighted by atomic mass is 10.1. The van der Waals surface area contributed by atoms with Gasteiger partial charge in [0.1, 0.15) is 12.3 Å². The minimum atomic E-state index is -0.105. The highest BCUT2D eigenvalue weighted by Gasteiger charge is 2.24. The van der Waals surface area contributed by atoms with Crippen LogP contribution in [-0.4, -0.2) is 11.1 Å². The van der Waals surface area contributed by atoms with Crippen molar-refractivity contribution in [3.63, 3.8) is 0 Å². The topological polar surface area (TPSA) is 52.3 Å². The number of hydrogen-bond donors (Lipinski definition) is 0. The molecule has 4 nitrogen and oxygen atoms in total. The molecule has 0 bridgehead atoms. The van der Waals surface area contributed by atoms with Crippen LogP contribution in [0.4, 0.5) is 0 Å². The molecule has 0 N–H and O–H groups in total. The van der Waals surface area contributed by atoms with Crippen LogP contribution in [0.5, 0.6) is 0 Å². The first-order chi connectivity index (χ1) is 9.83. The minimum Gasteiger partial charge on any atom is -0.459 e. The zero-order valence-electron chi connectivity index (χ0n) is 11.2. The van der Waals surface area contributed by atoms with E-state index < -0.39 is 0 Å². The molecule has 0 unspecified atom stereocenters. The van der Waals surface area contributed by atoms with Gasteiger partial charge in [-0.25, -0.2) is 0 Å². The Bertz CT molecular complexity index is 570. The molecule has 0 spiro atoms. The number of esters is 1. The third kappa shape index (κ3) is 2.90. The SMILES string of the molecule is O=C(OCc1cc(-c2ccccc2)on1)C1CCCC1. The van der Waals surface area contributed by atoms with Crippen LogP contribution in [0.2, 0.25) is 0 Å². The highest BCUT2D eigenvalue weighted by atomic mass is 16.5. The van der Waals surface area contributed by atoms with Crippen molar-refractivity contribution in [2.75, 3.05) is 0 Å². The largest absolute Gasteiger partial charge is 0.459 e. The maximum absolute atomic E-state index is 11.8. The molecular formula is C16H17NO3. The second-order valence-electron chi connectivity index (χ2n) is 5.14. The highest BCUT2D eigenvalue weighted by molar-refractivity contribution is 5.72. The number of rotatable bonds is 4. The summed E-state index contributed by atoms with van der Waals surface area (Å²) >= 11 is 0. The lowest BCUT2D eigenvalue weighted by molar-refractivity contribution is -0.149. The molecule has 2 aromatic rings.